The molecular formula is C10H16N4OS. The van der Waals surface area contributed by atoms with Gasteiger partial charge in [-0.3, -0.25) is 0 Å². The van der Waals surface area contributed by atoms with Gasteiger partial charge >= 0.3 is 0 Å². The molecule has 0 aliphatic rings. The third-order valence-corrected chi connectivity index (χ3v) is 3.39. The van der Waals surface area contributed by atoms with Crippen molar-refractivity contribution >= 4 is 17.6 Å². The Kier molecular flexibility index (Phi) is 5.04. The Labute approximate surface area is 99.2 Å². The van der Waals surface area contributed by atoms with Crippen LogP contribution in [0, 0.1) is 5.92 Å². The first kappa shape index (κ1) is 12.8. The zero-order chi connectivity index (χ0) is 12.0. The largest absolute Gasteiger partial charge is 0.409 e. The van der Waals surface area contributed by atoms with Crippen molar-refractivity contribution in [3.05, 3.63) is 18.0 Å². The summed E-state index contributed by atoms with van der Waals surface area (Å²) in [7, 11) is 0. The molecule has 0 saturated heterocycles. The number of amidine groups is 1. The van der Waals surface area contributed by atoms with Gasteiger partial charge in [0.2, 0.25) is 0 Å². The van der Waals surface area contributed by atoms with Crippen LogP contribution in [-0.4, -0.2) is 26.8 Å². The molecule has 1 unspecified atom stereocenters. The fourth-order valence-corrected chi connectivity index (χ4v) is 1.91. The van der Waals surface area contributed by atoms with Crippen molar-refractivity contribution in [3.63, 3.8) is 0 Å². The predicted molar refractivity (Wildman–Crippen MR) is 64.7 cm³/mol. The standard InChI is InChI=1S/C10H16N4OS/c1-3-7(2)6-16-10-12-5-4-8(13-10)9(11)14-15/h4-5,7,15H,3,6H2,1-2H3,(H2,11,14). The SMILES string of the molecule is CCC(C)CSc1nccc(/C(N)=N/O)n1. The van der Waals surface area contributed by atoms with Gasteiger partial charge in [0, 0.05) is 11.9 Å². The molecule has 0 aliphatic heterocycles. The second-order valence-corrected chi connectivity index (χ2v) is 4.52. The fourth-order valence-electron chi connectivity index (χ4n) is 0.939. The second-order valence-electron chi connectivity index (χ2n) is 3.53. The molecule has 1 heterocycles. The van der Waals surface area contributed by atoms with Crippen LogP contribution in [0.15, 0.2) is 22.6 Å². The number of thioether (sulfide) groups is 1. The number of aromatic nitrogens is 2. The highest BCUT2D eigenvalue weighted by molar-refractivity contribution is 7.99. The van der Waals surface area contributed by atoms with Gasteiger partial charge in [-0.2, -0.15) is 0 Å². The molecule has 1 aromatic rings. The van der Waals surface area contributed by atoms with Gasteiger partial charge in [0.15, 0.2) is 11.0 Å². The van der Waals surface area contributed by atoms with E-state index in [-0.39, 0.29) is 5.84 Å². The van der Waals surface area contributed by atoms with Crippen LogP contribution in [-0.2, 0) is 0 Å². The maximum atomic E-state index is 8.53. The van der Waals surface area contributed by atoms with Gasteiger partial charge in [0.1, 0.15) is 5.69 Å². The van der Waals surface area contributed by atoms with Crippen molar-refractivity contribution in [1.82, 2.24) is 9.97 Å². The molecule has 0 aromatic carbocycles. The second kappa shape index (κ2) is 6.32. The van der Waals surface area contributed by atoms with Crippen molar-refractivity contribution in [3.8, 4) is 0 Å². The Hall–Kier alpha value is -1.30. The molecule has 0 fully saturated rings. The van der Waals surface area contributed by atoms with Crippen LogP contribution in [0.4, 0.5) is 0 Å². The molecule has 0 amide bonds. The van der Waals surface area contributed by atoms with Gasteiger partial charge in [0.25, 0.3) is 0 Å². The van der Waals surface area contributed by atoms with E-state index < -0.39 is 0 Å². The lowest BCUT2D eigenvalue weighted by molar-refractivity contribution is 0.318. The Morgan fingerprint density at radius 3 is 3.06 bits per heavy atom. The van der Waals surface area contributed by atoms with E-state index in [4.69, 9.17) is 10.9 Å². The van der Waals surface area contributed by atoms with E-state index in [1.54, 1.807) is 24.0 Å². The fraction of sp³-hybridized carbons (Fsp3) is 0.500. The van der Waals surface area contributed by atoms with Gasteiger partial charge in [-0.05, 0) is 12.0 Å². The van der Waals surface area contributed by atoms with Gasteiger partial charge in [0.05, 0.1) is 0 Å². The van der Waals surface area contributed by atoms with Crippen molar-refractivity contribution in [1.29, 1.82) is 0 Å². The van der Waals surface area contributed by atoms with E-state index in [2.05, 4.69) is 29.0 Å². The quantitative estimate of drug-likeness (QED) is 0.204. The Morgan fingerprint density at radius 2 is 2.44 bits per heavy atom. The maximum Gasteiger partial charge on any atom is 0.188 e. The average molecular weight is 240 g/mol. The molecule has 1 rings (SSSR count). The number of oxime groups is 1. The summed E-state index contributed by atoms with van der Waals surface area (Å²) >= 11 is 1.58. The summed E-state index contributed by atoms with van der Waals surface area (Å²) in [6, 6.07) is 1.61. The molecule has 88 valence electrons. The summed E-state index contributed by atoms with van der Waals surface area (Å²) in [5.74, 6) is 1.60. The molecule has 1 aromatic heterocycles. The molecule has 0 bridgehead atoms. The van der Waals surface area contributed by atoms with Crippen LogP contribution in [0.2, 0.25) is 0 Å². The van der Waals surface area contributed by atoms with Crippen LogP contribution < -0.4 is 5.73 Å². The van der Waals surface area contributed by atoms with E-state index in [0.29, 0.717) is 16.8 Å². The maximum absolute atomic E-state index is 8.53. The molecule has 6 heteroatoms. The first-order valence-electron chi connectivity index (χ1n) is 5.11. The van der Waals surface area contributed by atoms with Crippen molar-refractivity contribution in [2.45, 2.75) is 25.4 Å². The topological polar surface area (TPSA) is 84.4 Å². The number of rotatable bonds is 5. The molecule has 0 radical (unpaired) electrons. The molecule has 0 aliphatic carbocycles. The molecule has 5 nitrogen and oxygen atoms in total. The smallest absolute Gasteiger partial charge is 0.188 e. The number of nitrogens with two attached hydrogens (primary N) is 1. The van der Waals surface area contributed by atoms with Crippen molar-refractivity contribution in [2.75, 3.05) is 5.75 Å². The summed E-state index contributed by atoms with van der Waals surface area (Å²) in [5, 5.41) is 12.1. The number of nitrogens with zero attached hydrogens (tertiary/aromatic N) is 3. The first-order chi connectivity index (χ1) is 7.67. The van der Waals surface area contributed by atoms with Gasteiger partial charge in [-0.15, -0.1) is 0 Å². The summed E-state index contributed by atoms with van der Waals surface area (Å²) in [4.78, 5) is 8.31. The van der Waals surface area contributed by atoms with Crippen molar-refractivity contribution in [2.24, 2.45) is 16.8 Å². The first-order valence-corrected chi connectivity index (χ1v) is 6.09. The van der Waals surface area contributed by atoms with Crippen LogP contribution in [0.5, 0.6) is 0 Å². The minimum absolute atomic E-state index is 0.00721. The third kappa shape index (κ3) is 3.69. The minimum Gasteiger partial charge on any atom is -0.409 e. The lowest BCUT2D eigenvalue weighted by Gasteiger charge is -2.06. The van der Waals surface area contributed by atoms with E-state index in [9.17, 15) is 0 Å². The Bertz CT molecular complexity index is 370. The molecular weight excluding hydrogens is 224 g/mol. The van der Waals surface area contributed by atoms with Crippen LogP contribution in [0.25, 0.3) is 0 Å². The average Bonchev–Trinajstić information content (AvgIpc) is 2.35. The number of hydrogen-bond acceptors (Lipinski definition) is 5. The number of hydrogen-bond donors (Lipinski definition) is 2. The Balaban J connectivity index is 2.68. The summed E-state index contributed by atoms with van der Waals surface area (Å²) < 4.78 is 0. The third-order valence-electron chi connectivity index (χ3n) is 2.20. The van der Waals surface area contributed by atoms with Crippen LogP contribution in [0.1, 0.15) is 26.0 Å². The van der Waals surface area contributed by atoms with Crippen LogP contribution in [0.3, 0.4) is 0 Å². The highest BCUT2D eigenvalue weighted by atomic mass is 32.2. The van der Waals surface area contributed by atoms with Crippen LogP contribution >= 0.6 is 11.8 Å². The summed E-state index contributed by atoms with van der Waals surface area (Å²) in [6.07, 6.45) is 2.74. The van der Waals surface area contributed by atoms with Crippen molar-refractivity contribution < 1.29 is 5.21 Å². The summed E-state index contributed by atoms with van der Waals surface area (Å²) in [5.41, 5.74) is 5.89. The molecule has 16 heavy (non-hydrogen) atoms. The molecule has 0 saturated carbocycles. The van der Waals surface area contributed by atoms with Gasteiger partial charge < -0.3 is 10.9 Å². The molecule has 0 spiro atoms. The zero-order valence-electron chi connectivity index (χ0n) is 9.42. The van der Waals surface area contributed by atoms with Gasteiger partial charge in [-0.1, -0.05) is 37.2 Å². The van der Waals surface area contributed by atoms with E-state index in [1.807, 2.05) is 0 Å². The lowest BCUT2D eigenvalue weighted by atomic mass is 10.2. The van der Waals surface area contributed by atoms with Gasteiger partial charge in [-0.25, -0.2) is 9.97 Å². The molecule has 3 N–H and O–H groups in total. The highest BCUT2D eigenvalue weighted by Crippen LogP contribution is 2.17. The van der Waals surface area contributed by atoms with E-state index in [0.717, 1.165) is 12.2 Å². The van der Waals surface area contributed by atoms with E-state index >= 15 is 0 Å². The zero-order valence-corrected chi connectivity index (χ0v) is 10.2. The predicted octanol–water partition coefficient (Wildman–Crippen LogP) is 1.71. The highest BCUT2D eigenvalue weighted by Gasteiger charge is 2.06. The summed E-state index contributed by atoms with van der Waals surface area (Å²) in [6.45, 7) is 4.33. The normalized spacial score (nSPS) is 13.8. The van der Waals surface area contributed by atoms with E-state index in [1.165, 1.54) is 0 Å². The minimum atomic E-state index is 0.00721. The molecule has 1 atom stereocenters. The lowest BCUT2D eigenvalue weighted by Crippen LogP contribution is -2.15. The monoisotopic (exact) mass is 240 g/mol. The Morgan fingerprint density at radius 1 is 1.69 bits per heavy atom.